The molecular formula is C18H21N3O2S. The highest BCUT2D eigenvalue weighted by atomic mass is 32.2. The maximum atomic E-state index is 11.5. The summed E-state index contributed by atoms with van der Waals surface area (Å²) in [5, 5.41) is 3.91. The second-order valence-corrected chi connectivity index (χ2v) is 6.59. The molecule has 0 saturated heterocycles. The Hall–Kier alpha value is -2.21. The summed E-state index contributed by atoms with van der Waals surface area (Å²) in [5.41, 5.74) is 1.98. The molecule has 2 aromatic rings. The highest BCUT2D eigenvalue weighted by molar-refractivity contribution is 7.99. The summed E-state index contributed by atoms with van der Waals surface area (Å²) in [5.74, 6) is 1.90. The van der Waals surface area contributed by atoms with Crippen LogP contribution in [0.1, 0.15) is 18.4 Å². The molecule has 1 aromatic heterocycles. The molecule has 1 amide bonds. The zero-order valence-corrected chi connectivity index (χ0v) is 14.3. The van der Waals surface area contributed by atoms with Crippen molar-refractivity contribution < 1.29 is 9.53 Å². The Bertz CT molecular complexity index is 727. The first-order valence-electron chi connectivity index (χ1n) is 8.07. The van der Waals surface area contributed by atoms with Gasteiger partial charge in [-0.1, -0.05) is 23.9 Å². The van der Waals surface area contributed by atoms with E-state index in [1.54, 1.807) is 11.8 Å². The molecule has 5 nitrogen and oxygen atoms in total. The summed E-state index contributed by atoms with van der Waals surface area (Å²) in [6, 6.07) is 5.81. The normalized spacial score (nSPS) is 13.2. The predicted molar refractivity (Wildman–Crippen MR) is 96.7 cm³/mol. The molecule has 6 heteroatoms. The number of imidazole rings is 1. The second-order valence-electron chi connectivity index (χ2n) is 5.53. The van der Waals surface area contributed by atoms with Crippen molar-refractivity contribution in [3.8, 4) is 5.75 Å². The summed E-state index contributed by atoms with van der Waals surface area (Å²) in [4.78, 5) is 15.8. The minimum atomic E-state index is 0.0751. The van der Waals surface area contributed by atoms with Crippen molar-refractivity contribution in [2.45, 2.75) is 31.0 Å². The maximum absolute atomic E-state index is 11.5. The molecular weight excluding hydrogens is 322 g/mol. The van der Waals surface area contributed by atoms with Crippen LogP contribution in [-0.2, 0) is 17.8 Å². The standard InChI is InChI=1S/C18H21N3O2S/c1-2-10-21-11-9-19-18(21)24-13-4-12-23-16-6-3-5-15-14(16)7-8-17(22)20-15/h2-3,5-6,9,11H,1,4,7-8,10,12-13H2,(H,20,22). The first kappa shape index (κ1) is 16.6. The van der Waals surface area contributed by atoms with Gasteiger partial charge < -0.3 is 14.6 Å². The second kappa shape index (κ2) is 8.06. The average molecular weight is 343 g/mol. The van der Waals surface area contributed by atoms with Crippen LogP contribution in [0.25, 0.3) is 0 Å². The lowest BCUT2D eigenvalue weighted by Crippen LogP contribution is -2.19. The largest absolute Gasteiger partial charge is 0.493 e. The van der Waals surface area contributed by atoms with Crippen LogP contribution in [-0.4, -0.2) is 27.8 Å². The number of amides is 1. The molecule has 1 aliphatic rings. The van der Waals surface area contributed by atoms with Gasteiger partial charge in [0.2, 0.25) is 5.91 Å². The van der Waals surface area contributed by atoms with Gasteiger partial charge in [0.1, 0.15) is 5.75 Å². The fourth-order valence-corrected chi connectivity index (χ4v) is 3.53. The number of carbonyl (C=O) groups excluding carboxylic acids is 1. The molecule has 0 fully saturated rings. The molecule has 0 aliphatic carbocycles. The van der Waals surface area contributed by atoms with E-state index in [0.29, 0.717) is 13.0 Å². The number of rotatable bonds is 8. The van der Waals surface area contributed by atoms with E-state index in [9.17, 15) is 4.79 Å². The van der Waals surface area contributed by atoms with Crippen LogP contribution in [0.2, 0.25) is 0 Å². The van der Waals surface area contributed by atoms with Gasteiger partial charge in [-0.15, -0.1) is 6.58 Å². The van der Waals surface area contributed by atoms with Gasteiger partial charge in [-0.2, -0.15) is 0 Å². The van der Waals surface area contributed by atoms with Crippen molar-refractivity contribution >= 4 is 23.4 Å². The number of nitrogens with one attached hydrogen (secondary N) is 1. The van der Waals surface area contributed by atoms with Gasteiger partial charge in [0, 0.05) is 42.4 Å². The molecule has 1 aliphatic heterocycles. The number of hydrogen-bond donors (Lipinski definition) is 1. The zero-order chi connectivity index (χ0) is 16.8. The number of fused-ring (bicyclic) bond motifs is 1. The lowest BCUT2D eigenvalue weighted by atomic mass is 10.0. The Morgan fingerprint density at radius 1 is 1.42 bits per heavy atom. The summed E-state index contributed by atoms with van der Waals surface area (Å²) < 4.78 is 8.01. The SMILES string of the molecule is C=CCn1ccnc1SCCCOc1cccc2c1CCC(=O)N2. The van der Waals surface area contributed by atoms with Crippen LogP contribution >= 0.6 is 11.8 Å². The van der Waals surface area contributed by atoms with Gasteiger partial charge >= 0.3 is 0 Å². The van der Waals surface area contributed by atoms with E-state index in [-0.39, 0.29) is 5.91 Å². The van der Waals surface area contributed by atoms with Crippen LogP contribution in [0.3, 0.4) is 0 Å². The van der Waals surface area contributed by atoms with Gasteiger partial charge in [0.25, 0.3) is 0 Å². The minimum Gasteiger partial charge on any atom is -0.493 e. The van der Waals surface area contributed by atoms with Crippen molar-refractivity contribution in [2.24, 2.45) is 0 Å². The molecule has 0 atom stereocenters. The molecule has 1 N–H and O–H groups in total. The number of benzene rings is 1. The summed E-state index contributed by atoms with van der Waals surface area (Å²) in [6.07, 6.45) is 7.84. The third-order valence-electron chi connectivity index (χ3n) is 3.79. The smallest absolute Gasteiger partial charge is 0.224 e. The molecule has 3 rings (SSSR count). The first-order valence-corrected chi connectivity index (χ1v) is 9.06. The van der Waals surface area contributed by atoms with Crippen molar-refractivity contribution in [1.29, 1.82) is 0 Å². The van der Waals surface area contributed by atoms with Crippen LogP contribution in [0, 0.1) is 0 Å². The number of allylic oxidation sites excluding steroid dienone is 1. The third kappa shape index (κ3) is 4.00. The van der Waals surface area contributed by atoms with Gasteiger partial charge in [-0.25, -0.2) is 4.98 Å². The first-order chi connectivity index (χ1) is 11.8. The molecule has 0 bridgehead atoms. The maximum Gasteiger partial charge on any atom is 0.224 e. The topological polar surface area (TPSA) is 56.2 Å². The Balaban J connectivity index is 1.47. The zero-order valence-electron chi connectivity index (χ0n) is 13.5. The van der Waals surface area contributed by atoms with Crippen molar-refractivity contribution in [3.05, 3.63) is 48.8 Å². The Morgan fingerprint density at radius 2 is 2.33 bits per heavy atom. The molecule has 126 valence electrons. The third-order valence-corrected chi connectivity index (χ3v) is 4.88. The Kier molecular flexibility index (Phi) is 5.59. The molecule has 0 saturated carbocycles. The van der Waals surface area contributed by atoms with Crippen LogP contribution in [0.5, 0.6) is 5.75 Å². The van der Waals surface area contributed by atoms with E-state index in [4.69, 9.17) is 4.74 Å². The number of thioether (sulfide) groups is 1. The number of anilines is 1. The van der Waals surface area contributed by atoms with E-state index in [1.807, 2.05) is 36.7 Å². The summed E-state index contributed by atoms with van der Waals surface area (Å²) in [7, 11) is 0. The molecule has 0 radical (unpaired) electrons. The monoisotopic (exact) mass is 343 g/mol. The van der Waals surface area contributed by atoms with Crippen LogP contribution in [0.4, 0.5) is 5.69 Å². The quantitative estimate of drug-likeness (QED) is 0.453. The van der Waals surface area contributed by atoms with E-state index >= 15 is 0 Å². The predicted octanol–water partition coefficient (Wildman–Crippen LogP) is 3.52. The highest BCUT2D eigenvalue weighted by Gasteiger charge is 2.18. The van der Waals surface area contributed by atoms with Gasteiger partial charge in [-0.3, -0.25) is 4.79 Å². The Labute approximate surface area is 146 Å². The molecule has 2 heterocycles. The molecule has 0 unspecified atom stereocenters. The van der Waals surface area contributed by atoms with Crippen molar-refractivity contribution in [2.75, 3.05) is 17.7 Å². The van der Waals surface area contributed by atoms with Gasteiger partial charge in [0.05, 0.1) is 6.61 Å². The highest BCUT2D eigenvalue weighted by Crippen LogP contribution is 2.31. The number of hydrogen-bond acceptors (Lipinski definition) is 4. The van der Waals surface area contributed by atoms with E-state index in [2.05, 4.69) is 21.4 Å². The van der Waals surface area contributed by atoms with Gasteiger partial charge in [-0.05, 0) is 25.0 Å². The molecule has 0 spiro atoms. The fraction of sp³-hybridized carbons (Fsp3) is 0.333. The number of aromatic nitrogens is 2. The van der Waals surface area contributed by atoms with Gasteiger partial charge in [0.15, 0.2) is 5.16 Å². The number of nitrogens with zero attached hydrogens (tertiary/aromatic N) is 2. The fourth-order valence-electron chi connectivity index (χ4n) is 2.65. The molecule has 24 heavy (non-hydrogen) atoms. The minimum absolute atomic E-state index is 0.0751. The lowest BCUT2D eigenvalue weighted by molar-refractivity contribution is -0.116. The summed E-state index contributed by atoms with van der Waals surface area (Å²) in [6.45, 7) is 5.19. The van der Waals surface area contributed by atoms with E-state index in [0.717, 1.165) is 47.3 Å². The van der Waals surface area contributed by atoms with Crippen molar-refractivity contribution in [1.82, 2.24) is 9.55 Å². The van der Waals surface area contributed by atoms with E-state index < -0.39 is 0 Å². The van der Waals surface area contributed by atoms with E-state index in [1.165, 1.54) is 0 Å². The Morgan fingerprint density at radius 3 is 3.21 bits per heavy atom. The van der Waals surface area contributed by atoms with Crippen LogP contribution in [0.15, 0.2) is 48.4 Å². The van der Waals surface area contributed by atoms with Crippen LogP contribution < -0.4 is 10.1 Å². The number of ether oxygens (including phenoxy) is 1. The summed E-state index contributed by atoms with van der Waals surface area (Å²) >= 11 is 1.72. The van der Waals surface area contributed by atoms with Crippen molar-refractivity contribution in [3.63, 3.8) is 0 Å². The average Bonchev–Trinajstić information content (AvgIpc) is 3.02. The lowest BCUT2D eigenvalue weighted by Gasteiger charge is -2.20. The molecule has 1 aromatic carbocycles. The number of carbonyl (C=O) groups is 1.